The summed E-state index contributed by atoms with van der Waals surface area (Å²) in [6.45, 7) is 2.17. The van der Waals surface area contributed by atoms with E-state index in [9.17, 15) is 0 Å². The molecule has 0 spiro atoms. The van der Waals surface area contributed by atoms with Crippen molar-refractivity contribution in [2.45, 2.75) is 103 Å². The number of hydrogen-bond donors (Lipinski definition) is 0. The van der Waals surface area contributed by atoms with Crippen molar-refractivity contribution < 1.29 is 0 Å². The fourth-order valence-electron chi connectivity index (χ4n) is 9.53. The summed E-state index contributed by atoms with van der Waals surface area (Å²) >= 11 is 0. The molecule has 0 N–H and O–H groups in total. The predicted molar refractivity (Wildman–Crippen MR) is 251 cm³/mol. The summed E-state index contributed by atoms with van der Waals surface area (Å²) in [4.78, 5) is 4.90. The molecule has 292 valence electrons. The molecule has 0 unspecified atom stereocenters. The molecule has 3 aliphatic carbocycles. The van der Waals surface area contributed by atoms with Gasteiger partial charge in [-0.3, -0.25) is 0 Å². The van der Waals surface area contributed by atoms with E-state index in [2.05, 4.69) is 168 Å². The zero-order chi connectivity index (χ0) is 39.1. The standard InChI is InChI=1S/C56H58N2/c1-42-23-31-49(32-24-42)57(50-33-25-46(26-34-50)39-43-13-5-2-6-14-43)55-21-11-20-54-53(55)19-12-22-56(54)58(51-35-27-47(28-36-51)40-44-15-7-3-8-16-44)52-37-29-48(30-38-52)41-45-17-9-4-10-18-45/h11-12,19-41H,2-10,13-18H2,1H3. The maximum atomic E-state index is 2.46. The fourth-order valence-corrected chi connectivity index (χ4v) is 9.53. The van der Waals surface area contributed by atoms with E-state index >= 15 is 0 Å². The van der Waals surface area contributed by atoms with Crippen LogP contribution in [0.1, 0.15) is 119 Å². The Morgan fingerprint density at radius 1 is 0.328 bits per heavy atom. The predicted octanol–water partition coefficient (Wildman–Crippen LogP) is 17.1. The molecule has 0 aromatic heterocycles. The summed E-state index contributed by atoms with van der Waals surface area (Å²) in [5, 5.41) is 2.44. The third-order valence-corrected chi connectivity index (χ3v) is 12.7. The van der Waals surface area contributed by atoms with Crippen LogP contribution < -0.4 is 9.80 Å². The van der Waals surface area contributed by atoms with Gasteiger partial charge in [0, 0.05) is 33.5 Å². The fraction of sp³-hybridized carbons (Fsp3) is 0.286. The van der Waals surface area contributed by atoms with Crippen LogP contribution in [0.15, 0.2) is 150 Å². The van der Waals surface area contributed by atoms with Gasteiger partial charge in [0.1, 0.15) is 0 Å². The molecule has 6 aromatic carbocycles. The van der Waals surface area contributed by atoms with Crippen LogP contribution in [-0.4, -0.2) is 0 Å². The second-order valence-electron chi connectivity index (χ2n) is 17.0. The summed E-state index contributed by atoms with van der Waals surface area (Å²) < 4.78 is 0. The summed E-state index contributed by atoms with van der Waals surface area (Å²) in [5.74, 6) is 0. The van der Waals surface area contributed by atoms with Gasteiger partial charge in [-0.2, -0.15) is 0 Å². The van der Waals surface area contributed by atoms with E-state index in [1.807, 2.05) is 0 Å². The van der Waals surface area contributed by atoms with Crippen LogP contribution in [0.5, 0.6) is 0 Å². The van der Waals surface area contributed by atoms with Gasteiger partial charge in [0.2, 0.25) is 0 Å². The van der Waals surface area contributed by atoms with Crippen molar-refractivity contribution >= 4 is 63.1 Å². The second kappa shape index (κ2) is 17.9. The number of nitrogens with zero attached hydrogens (tertiary/aromatic N) is 2. The highest BCUT2D eigenvalue weighted by Crippen LogP contribution is 2.45. The van der Waals surface area contributed by atoms with Crippen LogP contribution in [0.3, 0.4) is 0 Å². The molecule has 0 amide bonds. The van der Waals surface area contributed by atoms with E-state index in [1.54, 1.807) is 16.7 Å². The van der Waals surface area contributed by atoms with E-state index in [-0.39, 0.29) is 0 Å². The molecule has 58 heavy (non-hydrogen) atoms. The van der Waals surface area contributed by atoms with Crippen molar-refractivity contribution in [3.05, 3.63) is 172 Å². The molecule has 0 heterocycles. The summed E-state index contributed by atoms with van der Waals surface area (Å²) in [6.07, 6.45) is 26.7. The summed E-state index contributed by atoms with van der Waals surface area (Å²) in [7, 11) is 0. The minimum atomic E-state index is 1.16. The zero-order valence-electron chi connectivity index (χ0n) is 34.4. The monoisotopic (exact) mass is 758 g/mol. The van der Waals surface area contributed by atoms with Crippen molar-refractivity contribution in [1.29, 1.82) is 0 Å². The van der Waals surface area contributed by atoms with Crippen molar-refractivity contribution in [1.82, 2.24) is 0 Å². The quantitative estimate of drug-likeness (QED) is 0.145. The van der Waals surface area contributed by atoms with Gasteiger partial charge in [-0.1, -0.05) is 133 Å². The average Bonchev–Trinajstić information content (AvgIpc) is 3.27. The molecular formula is C56H58N2. The van der Waals surface area contributed by atoms with Crippen molar-refractivity contribution in [3.63, 3.8) is 0 Å². The lowest BCUT2D eigenvalue weighted by atomic mass is 9.93. The Balaban J connectivity index is 1.13. The van der Waals surface area contributed by atoms with E-state index in [0.717, 1.165) is 11.4 Å². The zero-order valence-corrected chi connectivity index (χ0v) is 34.4. The molecular weight excluding hydrogens is 701 g/mol. The molecule has 3 fully saturated rings. The Morgan fingerprint density at radius 2 is 0.621 bits per heavy atom. The van der Waals surface area contributed by atoms with Crippen LogP contribution in [0.2, 0.25) is 0 Å². The smallest absolute Gasteiger partial charge is 0.0540 e. The lowest BCUT2D eigenvalue weighted by Crippen LogP contribution is -2.12. The van der Waals surface area contributed by atoms with Gasteiger partial charge in [-0.15, -0.1) is 0 Å². The highest BCUT2D eigenvalue weighted by atomic mass is 15.2. The van der Waals surface area contributed by atoms with Gasteiger partial charge in [0.05, 0.1) is 11.4 Å². The number of rotatable bonds is 9. The first-order chi connectivity index (χ1) is 28.6. The van der Waals surface area contributed by atoms with E-state index in [1.165, 1.54) is 152 Å². The first-order valence-electron chi connectivity index (χ1n) is 22.2. The highest BCUT2D eigenvalue weighted by molar-refractivity contribution is 6.06. The molecule has 0 atom stereocenters. The largest absolute Gasteiger partial charge is 0.310 e. The third kappa shape index (κ3) is 8.77. The number of fused-ring (bicyclic) bond motifs is 1. The number of aryl methyl sites for hydroxylation is 1. The molecule has 6 aromatic rings. The molecule has 2 nitrogen and oxygen atoms in total. The third-order valence-electron chi connectivity index (χ3n) is 12.7. The first kappa shape index (κ1) is 37.9. The van der Waals surface area contributed by atoms with Gasteiger partial charge in [-0.25, -0.2) is 0 Å². The van der Waals surface area contributed by atoms with Crippen LogP contribution in [-0.2, 0) is 0 Å². The maximum Gasteiger partial charge on any atom is 0.0540 e. The molecule has 0 saturated heterocycles. The molecule has 3 aliphatic rings. The number of benzene rings is 6. The first-order valence-corrected chi connectivity index (χ1v) is 22.2. The molecule has 0 radical (unpaired) electrons. The van der Waals surface area contributed by atoms with Crippen LogP contribution in [0, 0.1) is 6.92 Å². The number of anilines is 6. The van der Waals surface area contributed by atoms with E-state index < -0.39 is 0 Å². The number of allylic oxidation sites excluding steroid dienone is 3. The van der Waals surface area contributed by atoms with Gasteiger partial charge in [-0.05, 0) is 161 Å². The second-order valence-corrected chi connectivity index (χ2v) is 17.0. The van der Waals surface area contributed by atoms with E-state index in [0.29, 0.717) is 0 Å². The van der Waals surface area contributed by atoms with Crippen LogP contribution >= 0.6 is 0 Å². The van der Waals surface area contributed by atoms with Gasteiger partial charge < -0.3 is 9.80 Å². The minimum absolute atomic E-state index is 1.16. The van der Waals surface area contributed by atoms with Crippen molar-refractivity contribution in [2.24, 2.45) is 0 Å². The molecule has 3 saturated carbocycles. The minimum Gasteiger partial charge on any atom is -0.310 e. The lowest BCUT2D eigenvalue weighted by Gasteiger charge is -2.30. The highest BCUT2D eigenvalue weighted by Gasteiger charge is 2.20. The normalized spacial score (nSPS) is 15.9. The molecule has 0 bridgehead atoms. The Labute approximate surface area is 347 Å². The van der Waals surface area contributed by atoms with Gasteiger partial charge in [0.25, 0.3) is 0 Å². The van der Waals surface area contributed by atoms with Crippen LogP contribution in [0.4, 0.5) is 34.1 Å². The number of hydrogen-bond acceptors (Lipinski definition) is 2. The Kier molecular flexibility index (Phi) is 11.7. The van der Waals surface area contributed by atoms with Crippen molar-refractivity contribution in [2.75, 3.05) is 9.80 Å². The van der Waals surface area contributed by atoms with Crippen molar-refractivity contribution in [3.8, 4) is 0 Å². The lowest BCUT2D eigenvalue weighted by molar-refractivity contribution is 0.602. The molecule has 0 aliphatic heterocycles. The molecule has 9 rings (SSSR count). The van der Waals surface area contributed by atoms with E-state index in [4.69, 9.17) is 0 Å². The Morgan fingerprint density at radius 3 is 0.931 bits per heavy atom. The SMILES string of the molecule is Cc1ccc(N(c2ccc(C=C3CCCCC3)cc2)c2cccc3c(N(c4ccc(C=C5CCCCC5)cc4)c4ccc(C=C5CCCCC5)cc4)cccc23)cc1. The summed E-state index contributed by atoms with van der Waals surface area (Å²) in [5.41, 5.74) is 16.9. The molecule has 2 heteroatoms. The average molecular weight is 759 g/mol. The maximum absolute atomic E-state index is 2.46. The Bertz CT molecular complexity index is 2310. The topological polar surface area (TPSA) is 6.48 Å². The van der Waals surface area contributed by atoms with Crippen LogP contribution in [0.25, 0.3) is 29.0 Å². The summed E-state index contributed by atoms with van der Waals surface area (Å²) in [6, 6.07) is 50.4. The Hall–Kier alpha value is -5.60. The van der Waals surface area contributed by atoms with Gasteiger partial charge in [0.15, 0.2) is 0 Å². The van der Waals surface area contributed by atoms with Gasteiger partial charge >= 0.3 is 0 Å².